The summed E-state index contributed by atoms with van der Waals surface area (Å²) in [5.74, 6) is 0.381. The van der Waals surface area contributed by atoms with Gasteiger partial charge in [-0.05, 0) is 48.7 Å². The van der Waals surface area contributed by atoms with E-state index in [1.54, 1.807) is 36.4 Å². The topological polar surface area (TPSA) is 66.2 Å². The lowest BCUT2D eigenvalue weighted by atomic mass is 10.2. The summed E-state index contributed by atoms with van der Waals surface area (Å²) in [6, 6.07) is 12.8. The minimum atomic E-state index is -0.423. The van der Waals surface area contributed by atoms with Gasteiger partial charge in [0.15, 0.2) is 5.82 Å². The quantitative estimate of drug-likeness (QED) is 0.464. The number of rotatable bonds is 9. The molecule has 0 bridgehead atoms. The molecule has 0 aliphatic heterocycles. The Kier molecular flexibility index (Phi) is 7.17. The van der Waals surface area contributed by atoms with Crippen LogP contribution in [0.15, 0.2) is 48.5 Å². The van der Waals surface area contributed by atoms with Gasteiger partial charge in [0.25, 0.3) is 5.91 Å². The first-order valence-corrected chi connectivity index (χ1v) is 10.1. The van der Waals surface area contributed by atoms with E-state index in [-0.39, 0.29) is 23.7 Å². The van der Waals surface area contributed by atoms with Crippen LogP contribution >= 0.6 is 0 Å². The second-order valence-corrected chi connectivity index (χ2v) is 7.38. The standard InChI is InChI=1S/C23H26FN3O3/c1-4-5-13-29-20-11-9-17(10-12-20)22(28)27-21(18-7-6-8-19(24)14-18)25-23(26-27)30-15-16(2)3/h6-12,14,16H,4-5,13,15H2,1-3H3. The lowest BCUT2D eigenvalue weighted by molar-refractivity contribution is 0.0944. The second kappa shape index (κ2) is 10.0. The molecule has 0 saturated carbocycles. The molecule has 30 heavy (non-hydrogen) atoms. The van der Waals surface area contributed by atoms with Crippen molar-refractivity contribution in [3.63, 3.8) is 0 Å². The summed E-state index contributed by atoms with van der Waals surface area (Å²) in [5.41, 5.74) is 0.852. The van der Waals surface area contributed by atoms with Crippen LogP contribution in [0.5, 0.6) is 11.8 Å². The monoisotopic (exact) mass is 411 g/mol. The van der Waals surface area contributed by atoms with Crippen molar-refractivity contribution < 1.29 is 18.7 Å². The second-order valence-electron chi connectivity index (χ2n) is 7.38. The average Bonchev–Trinajstić information content (AvgIpc) is 3.17. The summed E-state index contributed by atoms with van der Waals surface area (Å²) in [6.45, 7) is 7.13. The van der Waals surface area contributed by atoms with E-state index in [4.69, 9.17) is 9.47 Å². The van der Waals surface area contributed by atoms with E-state index in [0.29, 0.717) is 30.1 Å². The molecule has 0 unspecified atom stereocenters. The van der Waals surface area contributed by atoms with Gasteiger partial charge in [-0.25, -0.2) is 4.39 Å². The number of hydrogen-bond acceptors (Lipinski definition) is 5. The minimum absolute atomic E-state index is 0.0795. The van der Waals surface area contributed by atoms with Gasteiger partial charge in [0.05, 0.1) is 13.2 Å². The lowest BCUT2D eigenvalue weighted by Gasteiger charge is -2.07. The molecule has 0 saturated heterocycles. The van der Waals surface area contributed by atoms with Gasteiger partial charge in [-0.1, -0.05) is 39.3 Å². The number of unbranched alkanes of at least 4 members (excludes halogenated alkanes) is 1. The highest BCUT2D eigenvalue weighted by Crippen LogP contribution is 2.23. The van der Waals surface area contributed by atoms with Gasteiger partial charge in [0.2, 0.25) is 0 Å². The van der Waals surface area contributed by atoms with Gasteiger partial charge < -0.3 is 9.47 Å². The van der Waals surface area contributed by atoms with Crippen LogP contribution in [0.25, 0.3) is 11.4 Å². The summed E-state index contributed by atoms with van der Waals surface area (Å²) in [4.78, 5) is 17.4. The molecule has 0 aliphatic carbocycles. The first-order chi connectivity index (χ1) is 14.5. The number of halogens is 1. The maximum absolute atomic E-state index is 13.8. The molecule has 0 radical (unpaired) electrons. The molecule has 1 aromatic heterocycles. The normalized spacial score (nSPS) is 11.0. The number of benzene rings is 2. The third kappa shape index (κ3) is 5.43. The molecule has 0 spiro atoms. The molecule has 7 heteroatoms. The number of carbonyl (C=O) groups excluding carboxylic acids is 1. The molecule has 6 nitrogen and oxygen atoms in total. The third-order valence-corrected chi connectivity index (χ3v) is 4.28. The van der Waals surface area contributed by atoms with Crippen LogP contribution in [0.3, 0.4) is 0 Å². The Balaban J connectivity index is 1.89. The highest BCUT2D eigenvalue weighted by molar-refractivity contribution is 5.97. The molecule has 158 valence electrons. The zero-order valence-electron chi connectivity index (χ0n) is 17.5. The third-order valence-electron chi connectivity index (χ3n) is 4.28. The van der Waals surface area contributed by atoms with Crippen molar-refractivity contribution in [3.8, 4) is 23.1 Å². The van der Waals surface area contributed by atoms with Crippen molar-refractivity contribution in [3.05, 3.63) is 59.9 Å². The van der Waals surface area contributed by atoms with Crippen LogP contribution in [0.1, 0.15) is 44.0 Å². The zero-order chi connectivity index (χ0) is 21.5. The van der Waals surface area contributed by atoms with Crippen molar-refractivity contribution in [2.45, 2.75) is 33.6 Å². The average molecular weight is 411 g/mol. The Morgan fingerprint density at radius 2 is 1.90 bits per heavy atom. The van der Waals surface area contributed by atoms with Crippen LogP contribution in [0.2, 0.25) is 0 Å². The van der Waals surface area contributed by atoms with Crippen LogP contribution in [-0.4, -0.2) is 33.9 Å². The lowest BCUT2D eigenvalue weighted by Crippen LogP contribution is -2.15. The van der Waals surface area contributed by atoms with Gasteiger partial charge in [0, 0.05) is 11.1 Å². The summed E-state index contributed by atoms with van der Waals surface area (Å²) in [7, 11) is 0. The predicted octanol–water partition coefficient (Wildman–Crippen LogP) is 4.99. The summed E-state index contributed by atoms with van der Waals surface area (Å²) >= 11 is 0. The van der Waals surface area contributed by atoms with Crippen molar-refractivity contribution >= 4 is 5.91 Å². The number of aromatic nitrogens is 3. The molecule has 3 aromatic rings. The van der Waals surface area contributed by atoms with E-state index in [1.165, 1.54) is 12.1 Å². The number of hydrogen-bond donors (Lipinski definition) is 0. The van der Waals surface area contributed by atoms with E-state index < -0.39 is 5.82 Å². The zero-order valence-corrected chi connectivity index (χ0v) is 17.5. The maximum atomic E-state index is 13.8. The van der Waals surface area contributed by atoms with Crippen LogP contribution < -0.4 is 9.47 Å². The Hall–Kier alpha value is -3.22. The van der Waals surface area contributed by atoms with E-state index in [2.05, 4.69) is 17.0 Å². The number of carbonyl (C=O) groups is 1. The van der Waals surface area contributed by atoms with Crippen LogP contribution in [0.4, 0.5) is 4.39 Å². The fraction of sp³-hybridized carbons (Fsp3) is 0.348. The van der Waals surface area contributed by atoms with Gasteiger partial charge in [-0.15, -0.1) is 5.10 Å². The summed E-state index contributed by atoms with van der Waals surface area (Å²) in [6.07, 6.45) is 2.02. The first-order valence-electron chi connectivity index (χ1n) is 10.1. The molecule has 0 atom stereocenters. The van der Waals surface area contributed by atoms with Gasteiger partial charge >= 0.3 is 6.01 Å². The first kappa shape index (κ1) is 21.5. The van der Waals surface area contributed by atoms with Crippen LogP contribution in [0, 0.1) is 11.7 Å². The van der Waals surface area contributed by atoms with E-state index in [0.717, 1.165) is 17.5 Å². The molecule has 2 aromatic carbocycles. The Morgan fingerprint density at radius 3 is 2.57 bits per heavy atom. The summed E-state index contributed by atoms with van der Waals surface area (Å²) < 4.78 is 26.1. The van der Waals surface area contributed by atoms with Crippen molar-refractivity contribution in [1.82, 2.24) is 14.8 Å². The molecular formula is C23H26FN3O3. The van der Waals surface area contributed by atoms with Crippen molar-refractivity contribution in [1.29, 1.82) is 0 Å². The van der Waals surface area contributed by atoms with Gasteiger partial charge in [0.1, 0.15) is 11.6 Å². The number of ether oxygens (including phenoxy) is 2. The molecule has 3 rings (SSSR count). The number of nitrogens with zero attached hydrogens (tertiary/aromatic N) is 3. The predicted molar refractivity (Wildman–Crippen MR) is 112 cm³/mol. The van der Waals surface area contributed by atoms with Crippen molar-refractivity contribution in [2.75, 3.05) is 13.2 Å². The summed E-state index contributed by atoms with van der Waals surface area (Å²) in [5, 5.41) is 4.23. The SMILES string of the molecule is CCCCOc1ccc(C(=O)n2nc(OCC(C)C)nc2-c2cccc(F)c2)cc1. The molecule has 0 amide bonds. The van der Waals surface area contributed by atoms with Gasteiger partial charge in [-0.2, -0.15) is 9.67 Å². The van der Waals surface area contributed by atoms with E-state index in [1.807, 2.05) is 13.8 Å². The molecule has 0 N–H and O–H groups in total. The molecular weight excluding hydrogens is 385 g/mol. The minimum Gasteiger partial charge on any atom is -0.494 e. The molecule has 1 heterocycles. The van der Waals surface area contributed by atoms with E-state index in [9.17, 15) is 9.18 Å². The fourth-order valence-corrected chi connectivity index (χ4v) is 2.70. The van der Waals surface area contributed by atoms with Crippen LogP contribution in [-0.2, 0) is 0 Å². The largest absolute Gasteiger partial charge is 0.494 e. The Morgan fingerprint density at radius 1 is 1.13 bits per heavy atom. The van der Waals surface area contributed by atoms with Crippen molar-refractivity contribution in [2.24, 2.45) is 5.92 Å². The molecule has 0 aliphatic rings. The Bertz CT molecular complexity index is 984. The maximum Gasteiger partial charge on any atom is 0.336 e. The fourth-order valence-electron chi connectivity index (χ4n) is 2.70. The Labute approximate surface area is 175 Å². The highest BCUT2D eigenvalue weighted by atomic mass is 19.1. The molecule has 0 fully saturated rings. The highest BCUT2D eigenvalue weighted by Gasteiger charge is 2.20. The smallest absolute Gasteiger partial charge is 0.336 e. The van der Waals surface area contributed by atoms with Gasteiger partial charge in [-0.3, -0.25) is 4.79 Å². The van der Waals surface area contributed by atoms with E-state index >= 15 is 0 Å².